The average molecular weight is 755 g/mol. The van der Waals surface area contributed by atoms with Crippen LogP contribution in [0.5, 0.6) is 0 Å². The molecule has 4 aromatic rings. The zero-order valence-electron chi connectivity index (χ0n) is 32.8. The second-order valence-electron chi connectivity index (χ2n) is 16.8. The molecule has 4 atom stereocenters. The Labute approximate surface area is 320 Å². The summed E-state index contributed by atoms with van der Waals surface area (Å²) in [5.41, 5.74) is 3.58. The number of imidazole rings is 1. The number of aromatic nitrogens is 4. The summed E-state index contributed by atoms with van der Waals surface area (Å²) in [4.78, 5) is 45.1. The van der Waals surface area contributed by atoms with Gasteiger partial charge in [0.2, 0.25) is 11.8 Å². The third kappa shape index (κ3) is 8.19. The number of imide groups is 1. The van der Waals surface area contributed by atoms with Crippen LogP contribution in [0.15, 0.2) is 57.6 Å². The number of benzene rings is 2. The van der Waals surface area contributed by atoms with Gasteiger partial charge in [0.05, 0.1) is 45.9 Å². The molecule has 2 unspecified atom stereocenters. The molecule has 7 rings (SSSR count). The highest BCUT2D eigenvalue weighted by atomic mass is 16.3. The van der Waals surface area contributed by atoms with Crippen LogP contribution in [0, 0.1) is 5.92 Å². The first-order valence-corrected chi connectivity index (χ1v) is 19.2. The number of piperidine rings is 2. The van der Waals surface area contributed by atoms with Crippen LogP contribution >= 0.6 is 0 Å². The lowest BCUT2D eigenvalue weighted by molar-refractivity contribution is -0.134. The zero-order valence-corrected chi connectivity index (χ0v) is 32.8. The van der Waals surface area contributed by atoms with Crippen molar-refractivity contribution < 1.29 is 19.8 Å². The SMILES string of the molecule is CC1=C(Nc2ccc3c(c2)n(CCC(C)(C)O)c(=O)n3CC(C)(C)O)NC(N2CC[C@@H](Nc3ccc4c(C5CCC(=O)NC5=O)nn(C)c4c3)[C@H](C)C2)N=C1. The van der Waals surface area contributed by atoms with E-state index in [9.17, 15) is 24.6 Å². The predicted octanol–water partition coefficient (Wildman–Crippen LogP) is 3.57. The van der Waals surface area contributed by atoms with Gasteiger partial charge < -0.3 is 26.2 Å². The molecule has 0 aliphatic carbocycles. The molecular formula is C40H54N10O5. The van der Waals surface area contributed by atoms with Gasteiger partial charge in [-0.1, -0.05) is 6.92 Å². The lowest BCUT2D eigenvalue weighted by atomic mass is 9.92. The minimum absolute atomic E-state index is 0.145. The number of rotatable bonds is 11. The van der Waals surface area contributed by atoms with Gasteiger partial charge in [0.15, 0.2) is 6.29 Å². The van der Waals surface area contributed by atoms with Crippen molar-refractivity contribution in [3.63, 3.8) is 0 Å². The van der Waals surface area contributed by atoms with Crippen LogP contribution in [0.25, 0.3) is 21.9 Å². The number of aryl methyl sites for hydroxylation is 2. The zero-order chi connectivity index (χ0) is 39.4. The van der Waals surface area contributed by atoms with Crippen LogP contribution in [0.4, 0.5) is 11.4 Å². The van der Waals surface area contributed by atoms with Crippen molar-refractivity contribution in [2.24, 2.45) is 18.0 Å². The molecule has 294 valence electrons. The van der Waals surface area contributed by atoms with Crippen molar-refractivity contribution in [2.75, 3.05) is 23.7 Å². The second kappa shape index (κ2) is 14.6. The van der Waals surface area contributed by atoms with Gasteiger partial charge in [-0.3, -0.25) is 38.6 Å². The van der Waals surface area contributed by atoms with E-state index in [4.69, 9.17) is 4.99 Å². The molecule has 5 heterocycles. The number of likely N-dealkylation sites (tertiary alicyclic amines) is 1. The van der Waals surface area contributed by atoms with Crippen LogP contribution in [0.2, 0.25) is 0 Å². The Hall–Kier alpha value is -4.99. The summed E-state index contributed by atoms with van der Waals surface area (Å²) in [6.45, 7) is 13.2. The number of aliphatic imine (C=N–C) groups is 1. The van der Waals surface area contributed by atoms with Crippen LogP contribution in [0.1, 0.15) is 78.8 Å². The quantitative estimate of drug-likeness (QED) is 0.124. The number of fused-ring (bicyclic) bond motifs is 2. The van der Waals surface area contributed by atoms with Gasteiger partial charge in [-0.15, -0.1) is 0 Å². The molecule has 0 spiro atoms. The molecule has 6 N–H and O–H groups in total. The first-order valence-electron chi connectivity index (χ1n) is 19.2. The van der Waals surface area contributed by atoms with Crippen LogP contribution < -0.4 is 27.0 Å². The average Bonchev–Trinajstić information content (AvgIpc) is 3.56. The van der Waals surface area contributed by atoms with Gasteiger partial charge in [0.1, 0.15) is 5.82 Å². The fourth-order valence-electron chi connectivity index (χ4n) is 7.95. The number of nitrogens with one attached hydrogen (secondary N) is 4. The third-order valence-electron chi connectivity index (χ3n) is 10.9. The maximum Gasteiger partial charge on any atom is 0.329 e. The van der Waals surface area contributed by atoms with E-state index < -0.39 is 17.1 Å². The molecule has 3 aliphatic rings. The number of allylic oxidation sites excluding steroid dienone is 1. The molecule has 2 aromatic heterocycles. The molecule has 2 aromatic carbocycles. The molecule has 2 amide bonds. The Bertz CT molecular complexity index is 2250. The van der Waals surface area contributed by atoms with Gasteiger partial charge in [-0.2, -0.15) is 5.10 Å². The van der Waals surface area contributed by atoms with E-state index in [1.807, 2.05) is 55.2 Å². The second-order valence-corrected chi connectivity index (χ2v) is 16.8. The maximum absolute atomic E-state index is 13.6. The summed E-state index contributed by atoms with van der Waals surface area (Å²) in [5, 5.41) is 40.0. The summed E-state index contributed by atoms with van der Waals surface area (Å²) in [5.74, 6) is 0.181. The Morgan fingerprint density at radius 2 is 1.69 bits per heavy atom. The third-order valence-corrected chi connectivity index (χ3v) is 10.9. The highest BCUT2D eigenvalue weighted by molar-refractivity contribution is 6.02. The smallest absolute Gasteiger partial charge is 0.329 e. The number of amides is 2. The molecule has 0 radical (unpaired) electrons. The van der Waals surface area contributed by atoms with Crippen LogP contribution in [0.3, 0.4) is 0 Å². The lowest BCUT2D eigenvalue weighted by Crippen LogP contribution is -2.54. The Morgan fingerprint density at radius 1 is 0.945 bits per heavy atom. The van der Waals surface area contributed by atoms with E-state index in [1.165, 1.54) is 0 Å². The molecule has 55 heavy (non-hydrogen) atoms. The number of hydrogen-bond donors (Lipinski definition) is 6. The first-order chi connectivity index (χ1) is 25.9. The molecule has 3 aliphatic heterocycles. The van der Waals surface area contributed by atoms with Crippen molar-refractivity contribution in [1.29, 1.82) is 0 Å². The Balaban J connectivity index is 1.02. The van der Waals surface area contributed by atoms with Gasteiger partial charge in [-0.05, 0) is 96.2 Å². The highest BCUT2D eigenvalue weighted by Crippen LogP contribution is 2.33. The monoisotopic (exact) mass is 754 g/mol. The molecule has 15 nitrogen and oxygen atoms in total. The minimum Gasteiger partial charge on any atom is -0.390 e. The molecular weight excluding hydrogens is 701 g/mol. The van der Waals surface area contributed by atoms with Crippen LogP contribution in [-0.4, -0.2) is 88.7 Å². The summed E-state index contributed by atoms with van der Waals surface area (Å²) in [6, 6.07) is 12.2. The summed E-state index contributed by atoms with van der Waals surface area (Å²) in [7, 11) is 1.88. The van der Waals surface area contributed by atoms with E-state index in [2.05, 4.69) is 44.3 Å². The van der Waals surface area contributed by atoms with E-state index in [0.29, 0.717) is 37.4 Å². The van der Waals surface area contributed by atoms with E-state index in [1.54, 1.807) is 36.8 Å². The lowest BCUT2D eigenvalue weighted by Gasteiger charge is -2.41. The topological polar surface area (TPSA) is 183 Å². The van der Waals surface area contributed by atoms with Gasteiger partial charge in [0.25, 0.3) is 0 Å². The molecule has 0 saturated carbocycles. The number of hydrogen-bond acceptors (Lipinski definition) is 11. The standard InChI is InChI=1S/C40H54N10O5/c1-23-20-41-37(45-35(23)43-26-9-12-30-32(19-26)49(17-15-39(3,4)54)38(53)50(30)22-40(5,6)55)48-16-14-29(24(2)21-48)42-25-8-10-27-31(18-25)47(7)46-34(27)28-11-13-33(51)44-36(28)52/h8-10,12,18-20,24,28-29,37,42-43,45,54-55H,11,13-17,21-22H2,1-7H3,(H,44,51,52)/t24-,28?,29-,37?/m1/s1. The van der Waals surface area contributed by atoms with E-state index in [0.717, 1.165) is 64.2 Å². The molecule has 2 saturated heterocycles. The summed E-state index contributed by atoms with van der Waals surface area (Å²) < 4.78 is 5.09. The van der Waals surface area contributed by atoms with E-state index >= 15 is 0 Å². The van der Waals surface area contributed by atoms with Crippen molar-refractivity contribution in [3.8, 4) is 0 Å². The molecule has 0 bridgehead atoms. The van der Waals surface area contributed by atoms with Crippen LogP contribution in [-0.2, 0) is 29.7 Å². The van der Waals surface area contributed by atoms with Gasteiger partial charge in [-0.25, -0.2) is 4.79 Å². The first kappa shape index (κ1) is 38.3. The summed E-state index contributed by atoms with van der Waals surface area (Å²) >= 11 is 0. The van der Waals surface area contributed by atoms with E-state index in [-0.39, 0.29) is 36.4 Å². The largest absolute Gasteiger partial charge is 0.390 e. The van der Waals surface area contributed by atoms with Gasteiger partial charge >= 0.3 is 5.69 Å². The molecule has 15 heteroatoms. The highest BCUT2D eigenvalue weighted by Gasteiger charge is 2.33. The number of carbonyl (C=O) groups is 2. The van der Waals surface area contributed by atoms with Gasteiger partial charge in [0, 0.05) is 67.7 Å². The summed E-state index contributed by atoms with van der Waals surface area (Å²) in [6.07, 6.45) is 3.71. The van der Waals surface area contributed by atoms with Crippen molar-refractivity contribution >= 4 is 51.3 Å². The Morgan fingerprint density at radius 3 is 2.40 bits per heavy atom. The fraction of sp³-hybridized carbons (Fsp3) is 0.525. The molecule has 2 fully saturated rings. The van der Waals surface area contributed by atoms with Crippen molar-refractivity contribution in [3.05, 3.63) is 64.0 Å². The number of aliphatic hydroxyl groups is 2. The Kier molecular flexibility index (Phi) is 10.2. The number of anilines is 2. The number of carbonyl (C=O) groups excluding carboxylic acids is 2. The maximum atomic E-state index is 13.6. The fourth-order valence-corrected chi connectivity index (χ4v) is 7.95. The predicted molar refractivity (Wildman–Crippen MR) is 214 cm³/mol. The normalized spacial score (nSPS) is 22.7. The van der Waals surface area contributed by atoms with Crippen molar-refractivity contribution in [1.82, 2.24) is 34.4 Å². The number of nitrogens with zero attached hydrogens (tertiary/aromatic N) is 6. The van der Waals surface area contributed by atoms with Crippen molar-refractivity contribution in [2.45, 2.75) is 110 Å². The minimum atomic E-state index is -1.08.